The van der Waals surface area contributed by atoms with E-state index >= 15 is 0 Å². The SMILES string of the molecule is CN(CC#N)S(=O)(=O)c1ccc(Cl)cc1[N+](=O)[O-]. The van der Waals surface area contributed by atoms with Gasteiger partial charge < -0.3 is 0 Å². The summed E-state index contributed by atoms with van der Waals surface area (Å²) in [5.74, 6) is 0. The van der Waals surface area contributed by atoms with Crippen molar-refractivity contribution in [2.24, 2.45) is 0 Å². The minimum Gasteiger partial charge on any atom is -0.258 e. The van der Waals surface area contributed by atoms with Crippen molar-refractivity contribution in [1.29, 1.82) is 5.26 Å². The molecule has 0 fully saturated rings. The minimum absolute atomic E-state index is 0.0589. The number of hydrogen-bond donors (Lipinski definition) is 0. The van der Waals surface area contributed by atoms with Crippen molar-refractivity contribution in [2.45, 2.75) is 4.90 Å². The third-order valence-electron chi connectivity index (χ3n) is 2.10. The zero-order chi connectivity index (χ0) is 13.9. The van der Waals surface area contributed by atoms with Crippen molar-refractivity contribution in [1.82, 2.24) is 4.31 Å². The number of hydrogen-bond acceptors (Lipinski definition) is 5. The molecule has 0 spiro atoms. The zero-order valence-corrected chi connectivity index (χ0v) is 10.8. The Bertz CT molecular complexity index is 623. The maximum Gasteiger partial charge on any atom is 0.290 e. The second-order valence-electron chi connectivity index (χ2n) is 3.29. The van der Waals surface area contributed by atoms with E-state index in [0.29, 0.717) is 0 Å². The lowest BCUT2D eigenvalue weighted by Gasteiger charge is -2.13. The van der Waals surface area contributed by atoms with Crippen molar-refractivity contribution in [3.63, 3.8) is 0 Å². The van der Waals surface area contributed by atoms with Crippen LogP contribution in [-0.4, -0.2) is 31.2 Å². The summed E-state index contributed by atoms with van der Waals surface area (Å²) in [7, 11) is -2.92. The van der Waals surface area contributed by atoms with Crippen LogP contribution in [0.3, 0.4) is 0 Å². The van der Waals surface area contributed by atoms with Gasteiger partial charge in [-0.2, -0.15) is 9.57 Å². The Kier molecular flexibility index (Phi) is 4.24. The molecule has 0 heterocycles. The van der Waals surface area contributed by atoms with E-state index in [1.165, 1.54) is 6.07 Å². The third kappa shape index (κ3) is 2.76. The first-order valence-electron chi connectivity index (χ1n) is 4.58. The van der Waals surface area contributed by atoms with E-state index in [4.69, 9.17) is 16.9 Å². The van der Waals surface area contributed by atoms with Crippen LogP contribution in [0.2, 0.25) is 5.02 Å². The molecular formula is C9H8ClN3O4S. The quantitative estimate of drug-likeness (QED) is 0.473. The molecule has 1 aromatic rings. The summed E-state index contributed by atoms with van der Waals surface area (Å²) in [5, 5.41) is 19.3. The Labute approximate surface area is 108 Å². The van der Waals surface area contributed by atoms with Gasteiger partial charge in [-0.1, -0.05) is 11.6 Å². The summed E-state index contributed by atoms with van der Waals surface area (Å²) in [6.45, 7) is -0.401. The number of nitriles is 1. The smallest absolute Gasteiger partial charge is 0.258 e. The van der Waals surface area contributed by atoms with Crippen molar-refractivity contribution < 1.29 is 13.3 Å². The van der Waals surface area contributed by atoms with Gasteiger partial charge in [-0.15, -0.1) is 0 Å². The highest BCUT2D eigenvalue weighted by atomic mass is 35.5. The molecule has 9 heteroatoms. The lowest BCUT2D eigenvalue weighted by Crippen LogP contribution is -2.27. The van der Waals surface area contributed by atoms with Gasteiger partial charge in [-0.3, -0.25) is 10.1 Å². The van der Waals surface area contributed by atoms with Crippen molar-refractivity contribution in [2.75, 3.05) is 13.6 Å². The largest absolute Gasteiger partial charge is 0.290 e. The fourth-order valence-corrected chi connectivity index (χ4v) is 2.57. The lowest BCUT2D eigenvalue weighted by atomic mass is 10.3. The van der Waals surface area contributed by atoms with Gasteiger partial charge >= 0.3 is 0 Å². The molecule has 96 valence electrons. The summed E-state index contributed by atoms with van der Waals surface area (Å²) < 4.78 is 24.7. The molecule has 0 amide bonds. The van der Waals surface area contributed by atoms with Crippen LogP contribution < -0.4 is 0 Å². The molecule has 0 atom stereocenters. The summed E-state index contributed by atoms with van der Waals surface area (Å²) in [6, 6.07) is 4.89. The number of sulfonamides is 1. The molecule has 0 unspecified atom stereocenters. The van der Waals surface area contributed by atoms with E-state index < -0.39 is 32.1 Å². The molecule has 0 saturated carbocycles. The Hall–Kier alpha value is -1.69. The number of nitro benzene ring substituents is 1. The molecule has 0 saturated heterocycles. The van der Waals surface area contributed by atoms with Gasteiger partial charge in [0.15, 0.2) is 4.90 Å². The van der Waals surface area contributed by atoms with Gasteiger partial charge in [0.1, 0.15) is 6.54 Å². The van der Waals surface area contributed by atoms with Crippen LogP contribution >= 0.6 is 11.6 Å². The van der Waals surface area contributed by atoms with Crippen LogP contribution in [-0.2, 0) is 10.0 Å². The van der Waals surface area contributed by atoms with Crippen molar-refractivity contribution in [3.8, 4) is 6.07 Å². The first-order chi connectivity index (χ1) is 8.30. The maximum atomic E-state index is 12.0. The highest BCUT2D eigenvalue weighted by Gasteiger charge is 2.29. The van der Waals surface area contributed by atoms with Gasteiger partial charge in [0.2, 0.25) is 0 Å². The maximum absolute atomic E-state index is 12.0. The van der Waals surface area contributed by atoms with Gasteiger partial charge in [-0.25, -0.2) is 8.42 Å². The number of rotatable bonds is 4. The summed E-state index contributed by atoms with van der Waals surface area (Å²) in [6.07, 6.45) is 0. The lowest BCUT2D eigenvalue weighted by molar-refractivity contribution is -0.387. The summed E-state index contributed by atoms with van der Waals surface area (Å²) in [4.78, 5) is 9.47. The van der Waals surface area contributed by atoms with Crippen LogP contribution in [0.1, 0.15) is 0 Å². The van der Waals surface area contributed by atoms with Crippen LogP contribution in [0.4, 0.5) is 5.69 Å². The predicted octanol–water partition coefficient (Wildman–Crippen LogP) is 1.39. The second-order valence-corrected chi connectivity index (χ2v) is 5.74. The predicted molar refractivity (Wildman–Crippen MR) is 63.5 cm³/mol. The summed E-state index contributed by atoms with van der Waals surface area (Å²) >= 11 is 5.59. The molecule has 0 aliphatic carbocycles. The van der Waals surface area contributed by atoms with E-state index in [9.17, 15) is 18.5 Å². The highest BCUT2D eigenvalue weighted by molar-refractivity contribution is 7.89. The average Bonchev–Trinajstić information content (AvgIpc) is 2.28. The fourth-order valence-electron chi connectivity index (χ4n) is 1.20. The molecule has 0 bridgehead atoms. The zero-order valence-electron chi connectivity index (χ0n) is 9.20. The molecule has 0 aliphatic rings. The van der Waals surface area contributed by atoms with Gasteiger partial charge in [0.25, 0.3) is 15.7 Å². The molecule has 7 nitrogen and oxygen atoms in total. The Morgan fingerprint density at radius 1 is 1.56 bits per heavy atom. The Balaban J connectivity index is 3.42. The van der Waals surface area contributed by atoms with Crippen molar-refractivity contribution in [3.05, 3.63) is 33.3 Å². The van der Waals surface area contributed by atoms with E-state index in [-0.39, 0.29) is 5.02 Å². The van der Waals surface area contributed by atoms with Crippen LogP contribution in [0, 0.1) is 21.4 Å². The number of nitrogens with zero attached hydrogens (tertiary/aromatic N) is 3. The first-order valence-corrected chi connectivity index (χ1v) is 6.39. The van der Waals surface area contributed by atoms with Crippen LogP contribution in [0.15, 0.2) is 23.1 Å². The van der Waals surface area contributed by atoms with Gasteiger partial charge in [0.05, 0.1) is 11.0 Å². The number of benzene rings is 1. The fraction of sp³-hybridized carbons (Fsp3) is 0.222. The molecule has 1 aromatic carbocycles. The number of nitro groups is 1. The normalized spacial score (nSPS) is 11.2. The van der Waals surface area contributed by atoms with E-state index in [1.54, 1.807) is 6.07 Å². The van der Waals surface area contributed by atoms with Gasteiger partial charge in [-0.05, 0) is 12.1 Å². The Morgan fingerprint density at radius 3 is 2.67 bits per heavy atom. The average molecular weight is 290 g/mol. The van der Waals surface area contributed by atoms with E-state index in [0.717, 1.165) is 23.5 Å². The third-order valence-corrected chi connectivity index (χ3v) is 4.19. The van der Waals surface area contributed by atoms with E-state index in [1.807, 2.05) is 0 Å². The molecular weight excluding hydrogens is 282 g/mol. The van der Waals surface area contributed by atoms with Gasteiger partial charge in [0, 0.05) is 18.1 Å². The molecule has 0 radical (unpaired) electrons. The molecule has 0 aromatic heterocycles. The molecule has 0 aliphatic heterocycles. The second kappa shape index (κ2) is 5.30. The Morgan fingerprint density at radius 2 is 2.17 bits per heavy atom. The highest BCUT2D eigenvalue weighted by Crippen LogP contribution is 2.28. The van der Waals surface area contributed by atoms with Crippen molar-refractivity contribution >= 4 is 27.3 Å². The van der Waals surface area contributed by atoms with Crippen LogP contribution in [0.25, 0.3) is 0 Å². The number of halogens is 1. The topological polar surface area (TPSA) is 104 Å². The first kappa shape index (κ1) is 14.4. The standard InChI is InChI=1S/C9H8ClN3O4S/c1-12(5-4-11)18(16,17)9-3-2-7(10)6-8(9)13(14)15/h2-3,6H,5H2,1H3. The van der Waals surface area contributed by atoms with E-state index in [2.05, 4.69) is 0 Å². The van der Waals surface area contributed by atoms with Crippen LogP contribution in [0.5, 0.6) is 0 Å². The molecule has 18 heavy (non-hydrogen) atoms. The monoisotopic (exact) mass is 289 g/mol. The molecule has 1 rings (SSSR count). The minimum atomic E-state index is -4.08. The summed E-state index contributed by atoms with van der Waals surface area (Å²) in [5.41, 5.74) is -0.618. The molecule has 0 N–H and O–H groups in total.